The second-order valence-corrected chi connectivity index (χ2v) is 6.46. The van der Waals surface area contributed by atoms with E-state index in [1.165, 1.54) is 0 Å². The van der Waals surface area contributed by atoms with Gasteiger partial charge in [0.1, 0.15) is 12.2 Å². The number of pyridine rings is 1. The average molecular weight is 373 g/mol. The van der Waals surface area contributed by atoms with Crippen molar-refractivity contribution in [3.63, 3.8) is 0 Å². The molecule has 4 aromatic rings. The van der Waals surface area contributed by atoms with E-state index in [9.17, 15) is 0 Å². The van der Waals surface area contributed by atoms with Crippen LogP contribution >= 0.6 is 23.2 Å². The van der Waals surface area contributed by atoms with Gasteiger partial charge in [-0.05, 0) is 25.1 Å². The Bertz CT molecular complexity index is 1040. The summed E-state index contributed by atoms with van der Waals surface area (Å²) in [5.41, 5.74) is 2.45. The van der Waals surface area contributed by atoms with E-state index in [4.69, 9.17) is 23.2 Å². The Morgan fingerprint density at radius 3 is 2.64 bits per heavy atom. The summed E-state index contributed by atoms with van der Waals surface area (Å²) in [6.07, 6.45) is 3.00. The van der Waals surface area contributed by atoms with Gasteiger partial charge in [0.15, 0.2) is 11.5 Å². The highest BCUT2D eigenvalue weighted by atomic mass is 35.5. The van der Waals surface area contributed by atoms with Gasteiger partial charge in [0, 0.05) is 18.5 Å². The molecule has 1 aromatic carbocycles. The van der Waals surface area contributed by atoms with E-state index >= 15 is 0 Å². The molecule has 0 radical (unpaired) electrons. The fourth-order valence-corrected chi connectivity index (χ4v) is 3.16. The molecule has 25 heavy (non-hydrogen) atoms. The fourth-order valence-electron chi connectivity index (χ4n) is 2.69. The number of aromatic nitrogens is 6. The number of benzene rings is 1. The first-order chi connectivity index (χ1) is 12.1. The molecule has 0 saturated carbocycles. The van der Waals surface area contributed by atoms with Crippen LogP contribution in [0.4, 0.5) is 0 Å². The highest BCUT2D eigenvalue weighted by Crippen LogP contribution is 2.24. The molecule has 126 valence electrons. The van der Waals surface area contributed by atoms with Crippen molar-refractivity contribution in [1.82, 2.24) is 29.4 Å². The van der Waals surface area contributed by atoms with E-state index in [2.05, 4.69) is 20.3 Å². The molecule has 0 saturated heterocycles. The normalized spacial score (nSPS) is 11.3. The van der Waals surface area contributed by atoms with Crippen LogP contribution in [0, 0.1) is 6.92 Å². The van der Waals surface area contributed by atoms with Crippen LogP contribution in [0.1, 0.15) is 17.3 Å². The van der Waals surface area contributed by atoms with Gasteiger partial charge in [0.05, 0.1) is 15.7 Å². The zero-order valence-corrected chi connectivity index (χ0v) is 14.9. The van der Waals surface area contributed by atoms with Crippen molar-refractivity contribution in [3.8, 4) is 5.69 Å². The summed E-state index contributed by atoms with van der Waals surface area (Å²) >= 11 is 12.4. The summed E-state index contributed by atoms with van der Waals surface area (Å²) in [7, 11) is 0. The second kappa shape index (κ2) is 6.46. The summed E-state index contributed by atoms with van der Waals surface area (Å²) in [6.45, 7) is 1.89. The van der Waals surface area contributed by atoms with Gasteiger partial charge >= 0.3 is 0 Å². The topological polar surface area (TPSA) is 60.9 Å². The van der Waals surface area contributed by atoms with Crippen LogP contribution in [-0.4, -0.2) is 29.4 Å². The van der Waals surface area contributed by atoms with E-state index in [1.807, 2.05) is 41.8 Å². The zero-order chi connectivity index (χ0) is 17.4. The molecular formula is C17H14Cl2N6. The molecule has 6 nitrogen and oxygen atoms in total. The summed E-state index contributed by atoms with van der Waals surface area (Å²) in [4.78, 5) is 4.52. The first-order valence-corrected chi connectivity index (χ1v) is 8.53. The van der Waals surface area contributed by atoms with Crippen molar-refractivity contribution in [1.29, 1.82) is 0 Å². The molecule has 0 atom stereocenters. The molecule has 0 unspecified atom stereocenters. The summed E-state index contributed by atoms with van der Waals surface area (Å²) in [5, 5.41) is 13.8. The van der Waals surface area contributed by atoms with Crippen molar-refractivity contribution >= 4 is 28.8 Å². The van der Waals surface area contributed by atoms with Crippen LogP contribution in [0.3, 0.4) is 0 Å². The molecule has 0 N–H and O–H groups in total. The maximum Gasteiger partial charge on any atom is 0.174 e. The van der Waals surface area contributed by atoms with Crippen molar-refractivity contribution in [2.45, 2.75) is 19.8 Å². The van der Waals surface area contributed by atoms with E-state index in [0.29, 0.717) is 34.4 Å². The standard InChI is InChI=1S/C17H14Cl2N6/c1-11-13(18)9-14(19)17-21-15(23-25(11)17)7-8-16-22-20-10-24(16)12-5-3-2-4-6-12/h2-6,9-10H,7-8H2,1H3. The molecule has 8 heteroatoms. The monoisotopic (exact) mass is 372 g/mol. The minimum absolute atomic E-state index is 0.488. The molecule has 0 fully saturated rings. The second-order valence-electron chi connectivity index (χ2n) is 5.64. The van der Waals surface area contributed by atoms with Gasteiger partial charge < -0.3 is 0 Å². The highest BCUT2D eigenvalue weighted by Gasteiger charge is 2.13. The Kier molecular flexibility index (Phi) is 4.15. The van der Waals surface area contributed by atoms with Gasteiger partial charge in [0.25, 0.3) is 0 Å². The smallest absolute Gasteiger partial charge is 0.174 e. The summed E-state index contributed by atoms with van der Waals surface area (Å²) in [5.74, 6) is 1.54. The number of halogens is 2. The molecule has 4 rings (SSSR count). The van der Waals surface area contributed by atoms with Gasteiger partial charge in [-0.25, -0.2) is 9.50 Å². The highest BCUT2D eigenvalue weighted by molar-refractivity contribution is 6.36. The number of para-hydroxylation sites is 1. The van der Waals surface area contributed by atoms with Crippen LogP contribution in [0.25, 0.3) is 11.3 Å². The van der Waals surface area contributed by atoms with Crippen LogP contribution in [0.15, 0.2) is 42.7 Å². The lowest BCUT2D eigenvalue weighted by Crippen LogP contribution is -2.03. The predicted octanol–water partition coefficient (Wildman–Crippen LogP) is 3.71. The largest absolute Gasteiger partial charge is 0.286 e. The third-order valence-electron chi connectivity index (χ3n) is 4.01. The molecule has 3 aromatic heterocycles. The number of aryl methyl sites for hydroxylation is 3. The quantitative estimate of drug-likeness (QED) is 0.547. The lowest BCUT2D eigenvalue weighted by molar-refractivity contribution is 0.771. The number of rotatable bonds is 4. The number of nitrogens with zero attached hydrogens (tertiary/aromatic N) is 6. The maximum absolute atomic E-state index is 6.22. The molecule has 3 heterocycles. The number of fused-ring (bicyclic) bond motifs is 1. The van der Waals surface area contributed by atoms with E-state index in [0.717, 1.165) is 17.2 Å². The fraction of sp³-hybridized carbons (Fsp3) is 0.176. The minimum Gasteiger partial charge on any atom is -0.286 e. The molecule has 0 spiro atoms. The Balaban J connectivity index is 1.61. The molecule has 0 aliphatic carbocycles. The lowest BCUT2D eigenvalue weighted by Gasteiger charge is -2.05. The van der Waals surface area contributed by atoms with Crippen LogP contribution in [-0.2, 0) is 12.8 Å². The van der Waals surface area contributed by atoms with E-state index in [1.54, 1.807) is 16.9 Å². The van der Waals surface area contributed by atoms with Crippen LogP contribution in [0.5, 0.6) is 0 Å². The van der Waals surface area contributed by atoms with E-state index in [-0.39, 0.29) is 0 Å². The molecular weight excluding hydrogens is 359 g/mol. The third kappa shape index (κ3) is 2.99. The summed E-state index contributed by atoms with van der Waals surface area (Å²) < 4.78 is 3.65. The van der Waals surface area contributed by atoms with Gasteiger partial charge in [0.2, 0.25) is 0 Å². The minimum atomic E-state index is 0.488. The van der Waals surface area contributed by atoms with Crippen LogP contribution in [0.2, 0.25) is 10.0 Å². The lowest BCUT2D eigenvalue weighted by atomic mass is 10.2. The average Bonchev–Trinajstić information content (AvgIpc) is 3.26. The Hall–Kier alpha value is -2.44. The van der Waals surface area contributed by atoms with Gasteiger partial charge in [-0.3, -0.25) is 4.57 Å². The Labute approximate surface area is 154 Å². The van der Waals surface area contributed by atoms with E-state index < -0.39 is 0 Å². The molecule has 0 bridgehead atoms. The van der Waals surface area contributed by atoms with Crippen molar-refractivity contribution in [2.75, 3.05) is 0 Å². The molecule has 0 aliphatic rings. The molecule has 0 amide bonds. The maximum atomic E-state index is 6.22. The Morgan fingerprint density at radius 2 is 1.84 bits per heavy atom. The van der Waals surface area contributed by atoms with Gasteiger partial charge in [-0.2, -0.15) is 5.10 Å². The zero-order valence-electron chi connectivity index (χ0n) is 13.4. The first kappa shape index (κ1) is 16.1. The first-order valence-electron chi connectivity index (χ1n) is 7.78. The van der Waals surface area contributed by atoms with Crippen molar-refractivity contribution in [2.24, 2.45) is 0 Å². The van der Waals surface area contributed by atoms with Crippen LogP contribution < -0.4 is 0 Å². The van der Waals surface area contributed by atoms with Gasteiger partial charge in [-0.15, -0.1) is 10.2 Å². The number of hydrogen-bond acceptors (Lipinski definition) is 4. The SMILES string of the molecule is Cc1c(Cl)cc(Cl)c2nc(CCc3nncn3-c3ccccc3)nn12. The Morgan fingerprint density at radius 1 is 1.04 bits per heavy atom. The number of hydrogen-bond donors (Lipinski definition) is 0. The molecule has 0 aliphatic heterocycles. The van der Waals surface area contributed by atoms with Crippen molar-refractivity contribution < 1.29 is 0 Å². The third-order valence-corrected chi connectivity index (χ3v) is 4.67. The summed E-state index contributed by atoms with van der Waals surface area (Å²) in [6, 6.07) is 11.7. The van der Waals surface area contributed by atoms with Crippen molar-refractivity contribution in [3.05, 3.63) is 70.1 Å². The predicted molar refractivity (Wildman–Crippen MR) is 96.5 cm³/mol. The van der Waals surface area contributed by atoms with Gasteiger partial charge in [-0.1, -0.05) is 41.4 Å².